The molecule has 20 heavy (non-hydrogen) atoms. The lowest BCUT2D eigenvalue weighted by Gasteiger charge is -2.51. The number of rotatable bonds is 4. The molecule has 0 radical (unpaired) electrons. The zero-order valence-electron chi connectivity index (χ0n) is 13.1. The summed E-state index contributed by atoms with van der Waals surface area (Å²) >= 11 is 0. The van der Waals surface area contributed by atoms with Crippen molar-refractivity contribution in [2.24, 2.45) is 11.8 Å². The van der Waals surface area contributed by atoms with Crippen LogP contribution in [0.2, 0.25) is 0 Å². The minimum absolute atomic E-state index is 0.386. The molecule has 2 saturated carbocycles. The summed E-state index contributed by atoms with van der Waals surface area (Å²) in [6.45, 7) is 2.62. The predicted molar refractivity (Wildman–Crippen MR) is 84.3 cm³/mol. The molecule has 1 heterocycles. The van der Waals surface area contributed by atoms with E-state index in [0.717, 1.165) is 5.92 Å². The van der Waals surface area contributed by atoms with Gasteiger partial charge in [0.1, 0.15) is 0 Å². The van der Waals surface area contributed by atoms with Crippen molar-refractivity contribution in [1.29, 1.82) is 0 Å². The summed E-state index contributed by atoms with van der Waals surface area (Å²) < 4.78 is 0. The second-order valence-electron chi connectivity index (χ2n) is 7.40. The van der Waals surface area contributed by atoms with Crippen LogP contribution in [0, 0.1) is 5.92 Å². The van der Waals surface area contributed by atoms with Crippen molar-refractivity contribution in [2.75, 3.05) is 13.1 Å². The molecule has 1 atom stereocenters. The van der Waals surface area contributed by atoms with Gasteiger partial charge in [-0.15, -0.1) is 0 Å². The molecule has 3 aliphatic rings. The number of piperidine rings is 1. The van der Waals surface area contributed by atoms with Gasteiger partial charge in [0.25, 0.3) is 0 Å². The molecule has 0 aromatic carbocycles. The van der Waals surface area contributed by atoms with E-state index in [0.29, 0.717) is 11.6 Å². The molecule has 0 aromatic heterocycles. The van der Waals surface area contributed by atoms with Crippen molar-refractivity contribution in [3.05, 3.63) is 0 Å². The fourth-order valence-corrected chi connectivity index (χ4v) is 5.35. The Balaban J connectivity index is 1.79. The predicted octanol–water partition coefficient (Wildman–Crippen LogP) is 3.20. The summed E-state index contributed by atoms with van der Waals surface area (Å²) in [6, 6.07) is 0.531. The van der Waals surface area contributed by atoms with Crippen LogP contribution in [0.5, 0.6) is 0 Å². The van der Waals surface area contributed by atoms with E-state index in [-0.39, 0.29) is 0 Å². The van der Waals surface area contributed by atoms with E-state index in [1.807, 2.05) is 0 Å². The van der Waals surface area contributed by atoms with Gasteiger partial charge in [-0.3, -0.25) is 16.2 Å². The second kappa shape index (κ2) is 6.76. The summed E-state index contributed by atoms with van der Waals surface area (Å²) in [7, 11) is 0. The lowest BCUT2D eigenvalue weighted by Crippen LogP contribution is -2.65. The highest BCUT2D eigenvalue weighted by atomic mass is 15.3. The van der Waals surface area contributed by atoms with Crippen molar-refractivity contribution in [1.82, 2.24) is 10.3 Å². The number of likely N-dealkylation sites (tertiary alicyclic amines) is 1. The Hall–Kier alpha value is -0.120. The van der Waals surface area contributed by atoms with Gasteiger partial charge >= 0.3 is 0 Å². The van der Waals surface area contributed by atoms with Crippen LogP contribution in [0.15, 0.2) is 0 Å². The summed E-state index contributed by atoms with van der Waals surface area (Å²) in [5, 5.41) is 0. The van der Waals surface area contributed by atoms with Gasteiger partial charge in [-0.1, -0.05) is 38.5 Å². The first-order valence-corrected chi connectivity index (χ1v) is 9.08. The van der Waals surface area contributed by atoms with E-state index >= 15 is 0 Å². The quantitative estimate of drug-likeness (QED) is 0.613. The molecule has 3 N–H and O–H groups in total. The second-order valence-corrected chi connectivity index (χ2v) is 7.40. The van der Waals surface area contributed by atoms with Crippen LogP contribution < -0.4 is 11.3 Å². The van der Waals surface area contributed by atoms with E-state index < -0.39 is 0 Å². The topological polar surface area (TPSA) is 41.3 Å². The van der Waals surface area contributed by atoms with Crippen molar-refractivity contribution in [3.8, 4) is 0 Å². The molecule has 1 saturated heterocycles. The lowest BCUT2D eigenvalue weighted by atomic mass is 9.73. The number of hydrazine groups is 1. The maximum atomic E-state index is 6.10. The van der Waals surface area contributed by atoms with Crippen LogP contribution in [0.1, 0.15) is 77.0 Å². The van der Waals surface area contributed by atoms with Gasteiger partial charge in [-0.2, -0.15) is 0 Å². The molecule has 116 valence electrons. The minimum atomic E-state index is 0.386. The Labute approximate surface area is 124 Å². The number of nitrogens with one attached hydrogen (secondary N) is 1. The molecule has 1 aliphatic heterocycles. The fourth-order valence-electron chi connectivity index (χ4n) is 5.35. The zero-order chi connectivity index (χ0) is 13.8. The highest BCUT2D eigenvalue weighted by molar-refractivity contribution is 5.06. The Kier molecular flexibility index (Phi) is 5.00. The summed E-state index contributed by atoms with van der Waals surface area (Å²) in [4.78, 5) is 2.84. The zero-order valence-corrected chi connectivity index (χ0v) is 13.1. The van der Waals surface area contributed by atoms with Crippen molar-refractivity contribution in [3.63, 3.8) is 0 Å². The van der Waals surface area contributed by atoms with E-state index in [2.05, 4.69) is 10.3 Å². The Morgan fingerprint density at radius 1 is 0.850 bits per heavy atom. The van der Waals surface area contributed by atoms with E-state index in [1.165, 1.54) is 90.1 Å². The SMILES string of the molecule is NNC(C1CCCCC1)C1(N2CCCCC2)CCCC1. The molecular weight excluding hydrogens is 246 g/mol. The number of hydrogen-bond donors (Lipinski definition) is 2. The summed E-state index contributed by atoms with van der Waals surface area (Å²) in [5.41, 5.74) is 3.70. The van der Waals surface area contributed by atoms with Gasteiger partial charge in [-0.25, -0.2) is 0 Å². The minimum Gasteiger partial charge on any atom is -0.296 e. The van der Waals surface area contributed by atoms with Gasteiger partial charge < -0.3 is 0 Å². The standard InChI is InChI=1S/C17H33N3/c18-19-16(15-9-3-1-4-10-15)17(11-5-6-12-17)20-13-7-2-8-14-20/h15-16,19H,1-14,18H2. The first-order valence-electron chi connectivity index (χ1n) is 9.08. The Bertz CT molecular complexity index is 287. The van der Waals surface area contributed by atoms with Crippen LogP contribution in [-0.4, -0.2) is 29.6 Å². The normalized spacial score (nSPS) is 30.4. The lowest BCUT2D eigenvalue weighted by molar-refractivity contribution is 0.0101. The van der Waals surface area contributed by atoms with Crippen LogP contribution in [0.25, 0.3) is 0 Å². The van der Waals surface area contributed by atoms with Gasteiger partial charge in [0.05, 0.1) is 0 Å². The first-order chi connectivity index (χ1) is 9.87. The Morgan fingerprint density at radius 2 is 1.45 bits per heavy atom. The monoisotopic (exact) mass is 279 g/mol. The van der Waals surface area contributed by atoms with Crippen molar-refractivity contribution in [2.45, 2.75) is 88.6 Å². The molecule has 0 spiro atoms. The van der Waals surface area contributed by atoms with Gasteiger partial charge in [0.15, 0.2) is 0 Å². The van der Waals surface area contributed by atoms with Crippen molar-refractivity contribution >= 4 is 0 Å². The Morgan fingerprint density at radius 3 is 2.05 bits per heavy atom. The molecule has 0 bridgehead atoms. The summed E-state index contributed by atoms with van der Waals surface area (Å²) in [6.07, 6.45) is 16.8. The molecule has 0 aromatic rings. The van der Waals surface area contributed by atoms with Crippen LogP contribution in [0.3, 0.4) is 0 Å². The average Bonchev–Trinajstić information content (AvgIpc) is 3.01. The third-order valence-electron chi connectivity index (χ3n) is 6.33. The van der Waals surface area contributed by atoms with E-state index in [4.69, 9.17) is 5.84 Å². The van der Waals surface area contributed by atoms with Gasteiger partial charge in [-0.05, 0) is 57.5 Å². The third-order valence-corrected chi connectivity index (χ3v) is 6.33. The van der Waals surface area contributed by atoms with E-state index in [9.17, 15) is 0 Å². The van der Waals surface area contributed by atoms with Crippen LogP contribution >= 0.6 is 0 Å². The van der Waals surface area contributed by atoms with Crippen LogP contribution in [0.4, 0.5) is 0 Å². The van der Waals surface area contributed by atoms with Crippen molar-refractivity contribution < 1.29 is 0 Å². The molecule has 3 heteroatoms. The summed E-state index contributed by atoms with van der Waals surface area (Å²) in [5.74, 6) is 6.91. The highest BCUT2D eigenvalue weighted by Crippen LogP contribution is 2.44. The third kappa shape index (κ3) is 2.77. The first kappa shape index (κ1) is 14.8. The molecule has 1 unspecified atom stereocenters. The molecule has 3 nitrogen and oxygen atoms in total. The smallest absolute Gasteiger partial charge is 0.0422 e. The molecule has 2 aliphatic carbocycles. The van der Waals surface area contributed by atoms with Gasteiger partial charge in [0.2, 0.25) is 0 Å². The molecule has 3 fully saturated rings. The largest absolute Gasteiger partial charge is 0.296 e. The molecule has 0 amide bonds. The maximum Gasteiger partial charge on any atom is 0.0422 e. The molecular formula is C17H33N3. The number of nitrogens with zero attached hydrogens (tertiary/aromatic N) is 1. The average molecular weight is 279 g/mol. The van der Waals surface area contributed by atoms with Gasteiger partial charge in [0, 0.05) is 11.6 Å². The highest BCUT2D eigenvalue weighted by Gasteiger charge is 2.48. The number of hydrogen-bond acceptors (Lipinski definition) is 3. The molecule has 3 rings (SSSR count). The fraction of sp³-hybridized carbons (Fsp3) is 1.00. The van der Waals surface area contributed by atoms with Crippen LogP contribution in [-0.2, 0) is 0 Å². The van der Waals surface area contributed by atoms with E-state index in [1.54, 1.807) is 0 Å². The maximum absolute atomic E-state index is 6.10. The number of nitrogens with two attached hydrogens (primary N) is 1.